The molecule has 0 saturated carbocycles. The third-order valence-electron chi connectivity index (χ3n) is 4.31. The average molecular weight is 367 g/mol. The number of carboxylic acids is 1. The van der Waals surface area contributed by atoms with E-state index in [1.54, 1.807) is 23.7 Å². The first-order valence-corrected chi connectivity index (χ1v) is 9.47. The third-order valence-corrected chi connectivity index (χ3v) is 6.13. The number of fused-ring (bicyclic) bond motifs is 1. The van der Waals surface area contributed by atoms with Gasteiger partial charge in [-0.3, -0.25) is 4.68 Å². The van der Waals surface area contributed by atoms with Crippen LogP contribution >= 0.6 is 0 Å². The van der Waals surface area contributed by atoms with Gasteiger partial charge in [-0.2, -0.15) is 9.40 Å². The second-order valence-corrected chi connectivity index (χ2v) is 8.10. The molecule has 7 nitrogen and oxygen atoms in total. The molecule has 0 amide bonds. The Morgan fingerprint density at radius 1 is 1.32 bits per heavy atom. The van der Waals surface area contributed by atoms with Crippen LogP contribution in [0.3, 0.4) is 0 Å². The molecule has 1 aromatic heterocycles. The second-order valence-electron chi connectivity index (χ2n) is 5.85. The van der Waals surface area contributed by atoms with Crippen LogP contribution in [0.15, 0.2) is 24.3 Å². The van der Waals surface area contributed by atoms with E-state index in [4.69, 9.17) is 0 Å². The molecule has 0 spiro atoms. The summed E-state index contributed by atoms with van der Waals surface area (Å²) in [4.78, 5) is 11.5. The van der Waals surface area contributed by atoms with E-state index in [2.05, 4.69) is 5.10 Å². The van der Waals surface area contributed by atoms with Gasteiger partial charge in [-0.1, -0.05) is 12.1 Å². The Hall–Kier alpha value is -2.26. The van der Waals surface area contributed by atoms with Gasteiger partial charge in [-0.05, 0) is 24.6 Å². The Kier molecular flexibility index (Phi) is 4.61. The van der Waals surface area contributed by atoms with Gasteiger partial charge in [0.05, 0.1) is 12.3 Å². The maximum absolute atomic E-state index is 13.0. The Bertz CT molecular complexity index is 906. The van der Waals surface area contributed by atoms with Crippen molar-refractivity contribution in [3.05, 3.63) is 52.6 Å². The van der Waals surface area contributed by atoms with Gasteiger partial charge < -0.3 is 5.11 Å². The first-order valence-electron chi connectivity index (χ1n) is 7.86. The van der Waals surface area contributed by atoms with E-state index in [1.807, 2.05) is 0 Å². The summed E-state index contributed by atoms with van der Waals surface area (Å²) in [7, 11) is -3.40. The molecule has 1 aromatic carbocycles. The summed E-state index contributed by atoms with van der Waals surface area (Å²) >= 11 is 0. The van der Waals surface area contributed by atoms with Crippen molar-refractivity contribution < 1.29 is 22.7 Å². The summed E-state index contributed by atoms with van der Waals surface area (Å²) in [6.07, 6.45) is 0.385. The smallest absolute Gasteiger partial charge is 0.356 e. The fourth-order valence-electron chi connectivity index (χ4n) is 2.95. The minimum Gasteiger partial charge on any atom is -0.476 e. The average Bonchev–Trinajstić information content (AvgIpc) is 2.95. The van der Waals surface area contributed by atoms with Crippen LogP contribution in [0, 0.1) is 5.82 Å². The van der Waals surface area contributed by atoms with Gasteiger partial charge >= 0.3 is 5.97 Å². The van der Waals surface area contributed by atoms with E-state index in [0.29, 0.717) is 24.2 Å². The van der Waals surface area contributed by atoms with Crippen molar-refractivity contribution in [3.8, 4) is 0 Å². The molecular formula is C16H18FN3O4S. The number of hydrogen-bond donors (Lipinski definition) is 1. The van der Waals surface area contributed by atoms with Crippen LogP contribution in [0.25, 0.3) is 0 Å². The molecular weight excluding hydrogens is 349 g/mol. The summed E-state index contributed by atoms with van der Waals surface area (Å²) < 4.78 is 40.1. The number of sulfonamides is 1. The van der Waals surface area contributed by atoms with E-state index >= 15 is 0 Å². The van der Waals surface area contributed by atoms with Gasteiger partial charge in [-0.25, -0.2) is 17.6 Å². The second kappa shape index (κ2) is 6.57. The monoisotopic (exact) mass is 367 g/mol. The maximum atomic E-state index is 13.0. The van der Waals surface area contributed by atoms with Crippen molar-refractivity contribution >= 4 is 16.0 Å². The molecule has 134 valence electrons. The van der Waals surface area contributed by atoms with Gasteiger partial charge in [-0.15, -0.1) is 0 Å². The minimum atomic E-state index is -3.40. The number of rotatable bonds is 5. The third kappa shape index (κ3) is 3.42. The highest BCUT2D eigenvalue weighted by atomic mass is 32.2. The summed E-state index contributed by atoms with van der Waals surface area (Å²) in [5.74, 6) is -1.57. The van der Waals surface area contributed by atoms with Gasteiger partial charge in [0.25, 0.3) is 0 Å². The highest BCUT2D eigenvalue weighted by Gasteiger charge is 2.32. The minimum absolute atomic E-state index is 0.0105. The zero-order chi connectivity index (χ0) is 18.2. The quantitative estimate of drug-likeness (QED) is 0.864. The Morgan fingerprint density at radius 3 is 2.60 bits per heavy atom. The van der Waals surface area contributed by atoms with Crippen LogP contribution < -0.4 is 0 Å². The number of hydrogen-bond acceptors (Lipinski definition) is 4. The Balaban J connectivity index is 1.97. The fourth-order valence-corrected chi connectivity index (χ4v) is 4.01. The number of nitrogens with zero attached hydrogens (tertiary/aromatic N) is 3. The molecule has 0 radical (unpaired) electrons. The molecule has 1 aliphatic heterocycles. The Labute approximate surface area is 144 Å². The molecule has 25 heavy (non-hydrogen) atoms. The van der Waals surface area contributed by atoms with Gasteiger partial charge in [0.2, 0.25) is 10.0 Å². The number of aromatic carboxylic acids is 1. The molecule has 2 aromatic rings. The molecule has 1 aliphatic rings. The topological polar surface area (TPSA) is 92.5 Å². The summed E-state index contributed by atoms with van der Waals surface area (Å²) in [5, 5.41) is 13.6. The van der Waals surface area contributed by atoms with Crippen LogP contribution in [-0.2, 0) is 29.5 Å². The summed E-state index contributed by atoms with van der Waals surface area (Å²) in [6.45, 7) is 2.16. The van der Waals surface area contributed by atoms with Crippen molar-refractivity contribution in [2.75, 3.05) is 12.3 Å². The van der Waals surface area contributed by atoms with Crippen molar-refractivity contribution in [1.29, 1.82) is 0 Å². The molecule has 1 N–H and O–H groups in total. The molecule has 9 heteroatoms. The van der Waals surface area contributed by atoms with Gasteiger partial charge in [0, 0.05) is 30.8 Å². The fraction of sp³-hybridized carbons (Fsp3) is 0.375. The predicted molar refractivity (Wildman–Crippen MR) is 88.3 cm³/mol. The van der Waals surface area contributed by atoms with Crippen LogP contribution in [0.4, 0.5) is 4.39 Å². The van der Waals surface area contributed by atoms with Crippen molar-refractivity contribution in [3.63, 3.8) is 0 Å². The van der Waals surface area contributed by atoms with Crippen molar-refractivity contribution in [2.24, 2.45) is 0 Å². The van der Waals surface area contributed by atoms with E-state index in [0.717, 1.165) is 5.56 Å². The highest BCUT2D eigenvalue weighted by molar-refractivity contribution is 7.89. The molecule has 0 unspecified atom stereocenters. The van der Waals surface area contributed by atoms with E-state index in [9.17, 15) is 22.7 Å². The highest BCUT2D eigenvalue weighted by Crippen LogP contribution is 2.25. The lowest BCUT2D eigenvalue weighted by atomic mass is 10.1. The zero-order valence-corrected chi connectivity index (χ0v) is 14.5. The number of carboxylic acid groups (broad SMARTS) is 1. The van der Waals surface area contributed by atoms with Crippen LogP contribution in [0.1, 0.15) is 34.2 Å². The first-order chi connectivity index (χ1) is 11.8. The standard InChI is InChI=1S/C16H18FN3O4S/c1-2-25(23,24)19-8-7-14-13(10-19)15(16(21)22)18-20(14)9-11-3-5-12(17)6-4-11/h3-6H,2,7-10H2,1H3,(H,21,22). The van der Waals surface area contributed by atoms with Crippen molar-refractivity contribution in [1.82, 2.24) is 14.1 Å². The maximum Gasteiger partial charge on any atom is 0.356 e. The molecule has 0 fully saturated rings. The summed E-state index contributed by atoms with van der Waals surface area (Å²) in [6, 6.07) is 5.89. The van der Waals surface area contributed by atoms with Gasteiger partial charge in [0.15, 0.2) is 5.69 Å². The zero-order valence-electron chi connectivity index (χ0n) is 13.6. The Morgan fingerprint density at radius 2 is 2.00 bits per heavy atom. The summed E-state index contributed by atoms with van der Waals surface area (Å²) in [5.41, 5.74) is 1.79. The first kappa shape index (κ1) is 17.6. The molecule has 0 bridgehead atoms. The molecule has 2 heterocycles. The van der Waals surface area contributed by atoms with Crippen LogP contribution in [-0.4, -0.2) is 45.9 Å². The van der Waals surface area contributed by atoms with Crippen LogP contribution in [0.2, 0.25) is 0 Å². The lowest BCUT2D eigenvalue weighted by molar-refractivity contribution is 0.0687. The molecule has 3 rings (SSSR count). The van der Waals surface area contributed by atoms with Crippen molar-refractivity contribution in [2.45, 2.75) is 26.4 Å². The van der Waals surface area contributed by atoms with E-state index in [1.165, 1.54) is 16.4 Å². The van der Waals surface area contributed by atoms with Crippen LogP contribution in [0.5, 0.6) is 0 Å². The largest absolute Gasteiger partial charge is 0.476 e. The molecule has 0 aliphatic carbocycles. The molecule has 0 atom stereocenters. The predicted octanol–water partition coefficient (Wildman–Crippen LogP) is 1.48. The SMILES string of the molecule is CCS(=O)(=O)N1CCc2c(c(C(=O)O)nn2Cc2ccc(F)cc2)C1. The lowest BCUT2D eigenvalue weighted by Crippen LogP contribution is -2.37. The normalized spacial score (nSPS) is 15.1. The molecule has 0 saturated heterocycles. The number of halogens is 1. The van der Waals surface area contributed by atoms with Gasteiger partial charge in [0.1, 0.15) is 5.82 Å². The number of aromatic nitrogens is 2. The number of benzene rings is 1. The van der Waals surface area contributed by atoms with E-state index in [-0.39, 0.29) is 30.4 Å². The number of carbonyl (C=O) groups is 1. The van der Waals surface area contributed by atoms with E-state index < -0.39 is 16.0 Å². The lowest BCUT2D eigenvalue weighted by Gasteiger charge is -2.26.